The Balaban J connectivity index is 1.24. The van der Waals surface area contributed by atoms with E-state index in [1.54, 1.807) is 11.1 Å². The van der Waals surface area contributed by atoms with Crippen molar-refractivity contribution >= 4 is 23.0 Å². The van der Waals surface area contributed by atoms with Crippen LogP contribution >= 0.6 is 0 Å². The highest BCUT2D eigenvalue weighted by Crippen LogP contribution is 2.45. The molecular weight excluding hydrogens is 687 g/mol. The minimum atomic E-state index is 1.19. The number of fused-ring (bicyclic) bond motifs is 2. The van der Waals surface area contributed by atoms with Crippen LogP contribution in [0.1, 0.15) is 247 Å². The summed E-state index contributed by atoms with van der Waals surface area (Å²) in [4.78, 5) is 0. The molecule has 0 saturated carbocycles. The minimum absolute atomic E-state index is 1.19. The van der Waals surface area contributed by atoms with Crippen LogP contribution in [0.25, 0.3) is 11.6 Å². The van der Waals surface area contributed by atoms with Crippen LogP contribution in [0.15, 0.2) is 66.7 Å². The molecule has 1 heteroatoms. The minimum Gasteiger partial charge on any atom is -0.355 e. The number of aryl methyl sites for hydroxylation is 1. The fraction of sp³-hybridized carbons (Fsp3) is 0.643. The molecule has 3 aromatic rings. The van der Waals surface area contributed by atoms with Crippen molar-refractivity contribution in [3.63, 3.8) is 0 Å². The lowest BCUT2D eigenvalue weighted by Crippen LogP contribution is -2.11. The van der Waals surface area contributed by atoms with E-state index < -0.39 is 0 Å². The van der Waals surface area contributed by atoms with Crippen LogP contribution in [0, 0.1) is 0 Å². The fourth-order valence-corrected chi connectivity index (χ4v) is 9.31. The van der Waals surface area contributed by atoms with Crippen molar-refractivity contribution in [2.45, 2.75) is 232 Å². The molecule has 0 bridgehead atoms. The summed E-state index contributed by atoms with van der Waals surface area (Å²) in [6.07, 6.45) is 50.3. The molecule has 1 nitrogen and oxygen atoms in total. The fourth-order valence-electron chi connectivity index (χ4n) is 9.31. The molecule has 0 fully saturated rings. The van der Waals surface area contributed by atoms with Gasteiger partial charge >= 0.3 is 0 Å². The molecule has 316 valence electrons. The van der Waals surface area contributed by atoms with Gasteiger partial charge < -0.3 is 5.32 Å². The van der Waals surface area contributed by atoms with E-state index in [-0.39, 0.29) is 0 Å². The summed E-state index contributed by atoms with van der Waals surface area (Å²) >= 11 is 0. The zero-order valence-corrected chi connectivity index (χ0v) is 37.5. The maximum atomic E-state index is 3.86. The third-order valence-electron chi connectivity index (χ3n) is 12.9. The van der Waals surface area contributed by atoms with E-state index >= 15 is 0 Å². The van der Waals surface area contributed by atoms with Gasteiger partial charge in [-0.2, -0.15) is 0 Å². The summed E-state index contributed by atoms with van der Waals surface area (Å²) in [5.41, 5.74) is 11.2. The predicted octanol–water partition coefficient (Wildman–Crippen LogP) is 18.9. The Bertz CT molecular complexity index is 1450. The largest absolute Gasteiger partial charge is 0.355 e. The highest BCUT2D eigenvalue weighted by atomic mass is 14.9. The van der Waals surface area contributed by atoms with Crippen molar-refractivity contribution in [3.8, 4) is 0 Å². The Morgan fingerprint density at radius 2 is 0.772 bits per heavy atom. The number of anilines is 2. The van der Waals surface area contributed by atoms with Crippen LogP contribution in [0.2, 0.25) is 0 Å². The average Bonchev–Trinajstić information content (AvgIpc) is 3.24. The molecule has 0 spiro atoms. The third-order valence-corrected chi connectivity index (χ3v) is 12.9. The second-order valence-corrected chi connectivity index (χ2v) is 17.9. The van der Waals surface area contributed by atoms with Crippen LogP contribution in [0.4, 0.5) is 11.4 Å². The standard InChI is InChI=1S/C56H87N/c1-3-5-7-9-11-13-15-17-19-21-23-25-27-29-31-36-42-50-46-47-55-56(53(48-49-40-34-33-35-41-49)52-44-38-39-45-54(52)57-55)51(50)43-37-32-30-28-26-24-22-20-18-16-14-12-10-8-6-4-2/h33-35,38-41,44-48,57H,3-32,36-37,42-43H2,1-2H3. The van der Waals surface area contributed by atoms with E-state index in [9.17, 15) is 0 Å². The summed E-state index contributed by atoms with van der Waals surface area (Å²) in [6, 6.07) is 24.8. The first-order valence-electron chi connectivity index (χ1n) is 25.1. The van der Waals surface area contributed by atoms with Gasteiger partial charge in [-0.15, -0.1) is 0 Å². The highest BCUT2D eigenvalue weighted by molar-refractivity contribution is 6.04. The molecule has 4 rings (SSSR count). The number of rotatable bonds is 35. The first kappa shape index (κ1) is 46.9. The van der Waals surface area contributed by atoms with Gasteiger partial charge in [-0.1, -0.05) is 261 Å². The topological polar surface area (TPSA) is 12.0 Å². The SMILES string of the molecule is CCCCCCCCCCCCCCCCCCc1ccc2c(c1CCCCCCCCCCCCCCCCCC)C(=Cc1ccccc1)c1ccccc1N2. The summed E-state index contributed by atoms with van der Waals surface area (Å²) in [5.74, 6) is 0. The van der Waals surface area contributed by atoms with E-state index in [1.807, 2.05) is 0 Å². The summed E-state index contributed by atoms with van der Waals surface area (Å²) in [6.45, 7) is 4.62. The van der Waals surface area contributed by atoms with Crippen molar-refractivity contribution in [2.75, 3.05) is 5.32 Å². The first-order valence-corrected chi connectivity index (χ1v) is 25.1. The zero-order valence-electron chi connectivity index (χ0n) is 37.5. The predicted molar refractivity (Wildman–Crippen MR) is 256 cm³/mol. The maximum absolute atomic E-state index is 3.86. The van der Waals surface area contributed by atoms with Gasteiger partial charge in [0, 0.05) is 22.5 Å². The maximum Gasteiger partial charge on any atom is 0.0467 e. The molecule has 0 saturated heterocycles. The Morgan fingerprint density at radius 1 is 0.368 bits per heavy atom. The van der Waals surface area contributed by atoms with Crippen LogP contribution in [-0.4, -0.2) is 0 Å². The average molecular weight is 774 g/mol. The molecule has 0 aliphatic carbocycles. The van der Waals surface area contributed by atoms with Gasteiger partial charge in [-0.3, -0.25) is 0 Å². The summed E-state index contributed by atoms with van der Waals surface area (Å²) in [5, 5.41) is 3.86. The molecule has 0 radical (unpaired) electrons. The zero-order chi connectivity index (χ0) is 39.9. The Hall–Kier alpha value is -2.80. The van der Waals surface area contributed by atoms with Crippen molar-refractivity contribution in [1.82, 2.24) is 0 Å². The molecule has 1 aliphatic rings. The van der Waals surface area contributed by atoms with E-state index in [0.29, 0.717) is 0 Å². The van der Waals surface area contributed by atoms with E-state index in [2.05, 4.69) is 92.0 Å². The Morgan fingerprint density at radius 3 is 1.25 bits per heavy atom. The number of unbranched alkanes of at least 4 members (excludes halogenated alkanes) is 30. The lowest BCUT2D eigenvalue weighted by Gasteiger charge is -2.28. The van der Waals surface area contributed by atoms with Gasteiger partial charge in [-0.05, 0) is 66.2 Å². The first-order chi connectivity index (χ1) is 28.3. The van der Waals surface area contributed by atoms with Gasteiger partial charge in [0.05, 0.1) is 0 Å². The molecule has 0 atom stereocenters. The number of hydrogen-bond donors (Lipinski definition) is 1. The van der Waals surface area contributed by atoms with Gasteiger partial charge in [0.25, 0.3) is 0 Å². The lowest BCUT2D eigenvalue weighted by molar-refractivity contribution is 0.528. The molecule has 3 aromatic carbocycles. The second kappa shape index (κ2) is 31.2. The molecule has 1 aliphatic heterocycles. The van der Waals surface area contributed by atoms with Crippen LogP contribution < -0.4 is 5.32 Å². The molecule has 0 unspecified atom stereocenters. The van der Waals surface area contributed by atoms with Crippen molar-refractivity contribution in [3.05, 3.63) is 94.5 Å². The van der Waals surface area contributed by atoms with Gasteiger partial charge in [0.1, 0.15) is 0 Å². The Labute approximate surface area is 353 Å². The Kier molecular flexibility index (Phi) is 25.6. The van der Waals surface area contributed by atoms with E-state index in [1.165, 1.54) is 252 Å². The van der Waals surface area contributed by atoms with Gasteiger partial charge in [-0.25, -0.2) is 0 Å². The van der Waals surface area contributed by atoms with E-state index in [0.717, 1.165) is 0 Å². The molecular formula is C56H87N. The van der Waals surface area contributed by atoms with Crippen LogP contribution in [0.5, 0.6) is 0 Å². The lowest BCUT2D eigenvalue weighted by atomic mass is 9.82. The normalized spacial score (nSPS) is 12.8. The monoisotopic (exact) mass is 774 g/mol. The molecule has 1 N–H and O–H groups in total. The molecule has 57 heavy (non-hydrogen) atoms. The number of nitrogens with one attached hydrogen (secondary N) is 1. The van der Waals surface area contributed by atoms with Gasteiger partial charge in [0.2, 0.25) is 0 Å². The van der Waals surface area contributed by atoms with Crippen molar-refractivity contribution in [2.24, 2.45) is 0 Å². The smallest absolute Gasteiger partial charge is 0.0467 e. The van der Waals surface area contributed by atoms with Crippen LogP contribution in [-0.2, 0) is 12.8 Å². The number of para-hydroxylation sites is 1. The van der Waals surface area contributed by atoms with Crippen molar-refractivity contribution < 1.29 is 0 Å². The van der Waals surface area contributed by atoms with Crippen molar-refractivity contribution in [1.29, 1.82) is 0 Å². The molecule has 0 amide bonds. The molecule has 0 aromatic heterocycles. The third kappa shape index (κ3) is 19.2. The summed E-state index contributed by atoms with van der Waals surface area (Å²) < 4.78 is 0. The van der Waals surface area contributed by atoms with E-state index in [4.69, 9.17) is 0 Å². The number of hydrogen-bond acceptors (Lipinski definition) is 1. The molecule has 1 heterocycles. The van der Waals surface area contributed by atoms with Gasteiger partial charge in [0.15, 0.2) is 0 Å². The highest BCUT2D eigenvalue weighted by Gasteiger charge is 2.24. The second-order valence-electron chi connectivity index (χ2n) is 17.9. The number of benzene rings is 3. The van der Waals surface area contributed by atoms with Crippen LogP contribution in [0.3, 0.4) is 0 Å². The summed E-state index contributed by atoms with van der Waals surface area (Å²) in [7, 11) is 0. The quantitative estimate of drug-likeness (QED) is 0.0459.